The van der Waals surface area contributed by atoms with E-state index in [1.807, 2.05) is 19.1 Å². The number of H-pyrrole nitrogens is 1. The minimum atomic E-state index is -0.202. The number of aromatic amines is 1. The molecule has 2 heterocycles. The second-order valence-corrected chi connectivity index (χ2v) is 5.08. The van der Waals surface area contributed by atoms with Gasteiger partial charge in [-0.05, 0) is 25.8 Å². The Morgan fingerprint density at radius 3 is 3.05 bits per heavy atom. The summed E-state index contributed by atoms with van der Waals surface area (Å²) in [6.45, 7) is 4.30. The quantitative estimate of drug-likeness (QED) is 0.663. The van der Waals surface area contributed by atoms with Gasteiger partial charge in [0.2, 0.25) is 0 Å². The molecule has 0 unspecified atom stereocenters. The molecule has 0 radical (unpaired) electrons. The molecule has 2 aromatic heterocycles. The highest BCUT2D eigenvalue weighted by Crippen LogP contribution is 2.26. The van der Waals surface area contributed by atoms with E-state index in [-0.39, 0.29) is 11.5 Å². The smallest absolute Gasteiger partial charge is 0.261 e. The summed E-state index contributed by atoms with van der Waals surface area (Å²) < 4.78 is 0. The van der Waals surface area contributed by atoms with Gasteiger partial charge in [0.25, 0.3) is 11.5 Å². The molecule has 0 spiro atoms. The molecule has 0 aliphatic rings. The lowest BCUT2D eigenvalue weighted by Gasteiger charge is -2.01. The fourth-order valence-corrected chi connectivity index (χ4v) is 2.88. The minimum Gasteiger partial charge on any atom is -0.351 e. The van der Waals surface area contributed by atoms with Crippen molar-refractivity contribution in [2.75, 3.05) is 6.54 Å². The zero-order valence-corrected chi connectivity index (χ0v) is 11.6. The van der Waals surface area contributed by atoms with Crippen molar-refractivity contribution in [2.45, 2.75) is 20.3 Å². The first-order chi connectivity index (χ1) is 9.15. The summed E-state index contributed by atoms with van der Waals surface area (Å²) >= 11 is 1.25. The molecule has 0 atom stereocenters. The molecule has 0 aromatic carbocycles. The van der Waals surface area contributed by atoms with Crippen LogP contribution >= 0.6 is 11.3 Å². The van der Waals surface area contributed by atoms with Crippen LogP contribution in [-0.4, -0.2) is 22.4 Å². The van der Waals surface area contributed by atoms with Gasteiger partial charge in [0.15, 0.2) is 0 Å². The zero-order valence-electron chi connectivity index (χ0n) is 10.8. The van der Waals surface area contributed by atoms with Gasteiger partial charge in [-0.3, -0.25) is 9.59 Å². The molecule has 0 fully saturated rings. The van der Waals surface area contributed by atoms with Gasteiger partial charge >= 0.3 is 0 Å². The molecular formula is C13H15N3O2S. The lowest BCUT2D eigenvalue weighted by molar-refractivity contribution is 0.0958. The van der Waals surface area contributed by atoms with E-state index in [0.717, 1.165) is 6.42 Å². The molecule has 100 valence electrons. The number of hydrogen-bond acceptors (Lipinski definition) is 4. The number of carbonyl (C=O) groups is 1. The number of allylic oxidation sites excluding steroid dienone is 1. The maximum absolute atomic E-state index is 12.0. The highest BCUT2D eigenvalue weighted by Gasteiger charge is 2.17. The first kappa shape index (κ1) is 13.5. The largest absolute Gasteiger partial charge is 0.351 e. The van der Waals surface area contributed by atoms with E-state index >= 15 is 0 Å². The summed E-state index contributed by atoms with van der Waals surface area (Å²) in [5.74, 6) is -0.149. The molecular weight excluding hydrogens is 262 g/mol. The Balaban J connectivity index is 2.25. The number of hydrogen-bond donors (Lipinski definition) is 2. The number of thiophene rings is 1. The van der Waals surface area contributed by atoms with Gasteiger partial charge in [0, 0.05) is 6.54 Å². The molecule has 2 N–H and O–H groups in total. The van der Waals surface area contributed by atoms with Crippen molar-refractivity contribution in [1.29, 1.82) is 0 Å². The minimum absolute atomic E-state index is 0.149. The molecule has 19 heavy (non-hydrogen) atoms. The van der Waals surface area contributed by atoms with E-state index in [1.165, 1.54) is 17.7 Å². The van der Waals surface area contributed by atoms with E-state index in [2.05, 4.69) is 15.3 Å². The maximum Gasteiger partial charge on any atom is 0.261 e. The van der Waals surface area contributed by atoms with Crippen LogP contribution in [0.15, 0.2) is 23.3 Å². The Morgan fingerprint density at radius 2 is 2.37 bits per heavy atom. The summed E-state index contributed by atoms with van der Waals surface area (Å²) in [7, 11) is 0. The molecule has 1 amide bonds. The van der Waals surface area contributed by atoms with Crippen LogP contribution in [0.3, 0.4) is 0 Å². The number of aromatic nitrogens is 2. The van der Waals surface area contributed by atoms with Crippen molar-refractivity contribution in [1.82, 2.24) is 15.3 Å². The summed E-state index contributed by atoms with van der Waals surface area (Å²) in [6, 6.07) is 0. The fourth-order valence-electron chi connectivity index (χ4n) is 1.81. The summed E-state index contributed by atoms with van der Waals surface area (Å²) in [5, 5.41) is 3.34. The third kappa shape index (κ3) is 2.73. The number of amides is 1. The van der Waals surface area contributed by atoms with Crippen LogP contribution in [0.2, 0.25) is 0 Å². The van der Waals surface area contributed by atoms with Gasteiger partial charge in [-0.1, -0.05) is 12.2 Å². The van der Waals surface area contributed by atoms with Crippen molar-refractivity contribution < 1.29 is 4.79 Å². The Morgan fingerprint density at radius 1 is 1.58 bits per heavy atom. The van der Waals surface area contributed by atoms with Crippen molar-refractivity contribution >= 4 is 27.5 Å². The molecule has 0 bridgehead atoms. The fraction of sp³-hybridized carbons (Fsp3) is 0.308. The zero-order chi connectivity index (χ0) is 13.8. The summed E-state index contributed by atoms with van der Waals surface area (Å²) in [5.41, 5.74) is 0.490. The van der Waals surface area contributed by atoms with Gasteiger partial charge in [0.05, 0.1) is 16.6 Å². The van der Waals surface area contributed by atoms with Gasteiger partial charge in [-0.15, -0.1) is 11.3 Å². The normalized spacial score (nSPS) is 11.3. The number of nitrogens with one attached hydrogen (secondary N) is 2. The average molecular weight is 277 g/mol. The SMILES string of the molecule is C/C=C/CCNC(=O)c1sc2nc[nH]c(=O)c2c1C. The van der Waals surface area contributed by atoms with E-state index in [1.54, 1.807) is 6.92 Å². The predicted octanol–water partition coefficient (Wildman–Crippen LogP) is 1.99. The number of nitrogens with zero attached hydrogens (tertiary/aromatic N) is 1. The lowest BCUT2D eigenvalue weighted by atomic mass is 10.2. The van der Waals surface area contributed by atoms with Crippen LogP contribution in [0, 0.1) is 6.92 Å². The first-order valence-electron chi connectivity index (χ1n) is 6.01. The van der Waals surface area contributed by atoms with Crippen LogP contribution in [0.25, 0.3) is 10.2 Å². The standard InChI is InChI=1S/C13H15N3O2S/c1-3-4-5-6-14-12(18)10-8(2)9-11(17)15-7-16-13(9)19-10/h3-4,7H,5-6H2,1-2H3,(H,14,18)(H,15,16,17)/b4-3+. The first-order valence-corrected chi connectivity index (χ1v) is 6.83. The Labute approximate surface area is 114 Å². The second-order valence-electron chi connectivity index (χ2n) is 4.08. The number of rotatable bonds is 4. The third-order valence-corrected chi connectivity index (χ3v) is 3.97. The number of aryl methyl sites for hydroxylation is 1. The van der Waals surface area contributed by atoms with Crippen molar-refractivity contribution in [3.63, 3.8) is 0 Å². The lowest BCUT2D eigenvalue weighted by Crippen LogP contribution is -2.23. The molecule has 2 aromatic rings. The van der Waals surface area contributed by atoms with Gasteiger partial charge in [-0.25, -0.2) is 4.98 Å². The average Bonchev–Trinajstić information content (AvgIpc) is 2.73. The van der Waals surface area contributed by atoms with Gasteiger partial charge < -0.3 is 10.3 Å². The molecule has 0 saturated heterocycles. The van der Waals surface area contributed by atoms with Crippen LogP contribution in [0.5, 0.6) is 0 Å². The Bertz CT molecular complexity index is 685. The second kappa shape index (κ2) is 5.79. The Hall–Kier alpha value is -1.95. The van der Waals surface area contributed by atoms with Crippen molar-refractivity contribution in [2.24, 2.45) is 0 Å². The van der Waals surface area contributed by atoms with E-state index in [9.17, 15) is 9.59 Å². The third-order valence-electron chi connectivity index (χ3n) is 2.77. The van der Waals surface area contributed by atoms with E-state index in [4.69, 9.17) is 0 Å². The van der Waals surface area contributed by atoms with E-state index < -0.39 is 0 Å². The predicted molar refractivity (Wildman–Crippen MR) is 76.7 cm³/mol. The highest BCUT2D eigenvalue weighted by molar-refractivity contribution is 7.20. The molecule has 0 aliphatic heterocycles. The highest BCUT2D eigenvalue weighted by atomic mass is 32.1. The van der Waals surface area contributed by atoms with Crippen molar-refractivity contribution in [3.8, 4) is 0 Å². The number of fused-ring (bicyclic) bond motifs is 1. The van der Waals surface area contributed by atoms with Gasteiger partial charge in [0.1, 0.15) is 4.83 Å². The number of carbonyl (C=O) groups excluding carboxylic acids is 1. The molecule has 6 heteroatoms. The topological polar surface area (TPSA) is 74.8 Å². The molecule has 5 nitrogen and oxygen atoms in total. The van der Waals surface area contributed by atoms with Crippen LogP contribution in [-0.2, 0) is 0 Å². The molecule has 2 rings (SSSR count). The van der Waals surface area contributed by atoms with Crippen LogP contribution < -0.4 is 10.9 Å². The van der Waals surface area contributed by atoms with Crippen LogP contribution in [0.4, 0.5) is 0 Å². The summed E-state index contributed by atoms with van der Waals surface area (Å²) in [4.78, 5) is 31.5. The molecule has 0 aliphatic carbocycles. The van der Waals surface area contributed by atoms with Crippen molar-refractivity contribution in [3.05, 3.63) is 39.3 Å². The summed E-state index contributed by atoms with van der Waals surface area (Å²) in [6.07, 6.45) is 6.09. The van der Waals surface area contributed by atoms with Crippen LogP contribution in [0.1, 0.15) is 28.6 Å². The Kier molecular flexibility index (Phi) is 4.11. The molecule has 0 saturated carbocycles. The van der Waals surface area contributed by atoms with Gasteiger partial charge in [-0.2, -0.15) is 0 Å². The monoisotopic (exact) mass is 277 g/mol. The van der Waals surface area contributed by atoms with E-state index in [0.29, 0.717) is 27.2 Å². The maximum atomic E-state index is 12.0.